The van der Waals surface area contributed by atoms with Crippen molar-refractivity contribution in [3.8, 4) is 0 Å². The van der Waals surface area contributed by atoms with Crippen LogP contribution in [0.4, 0.5) is 4.39 Å². The molecule has 1 fully saturated rings. The molecule has 1 aromatic carbocycles. The van der Waals surface area contributed by atoms with Crippen LogP contribution >= 0.6 is 15.9 Å². The van der Waals surface area contributed by atoms with E-state index in [1.165, 1.54) is 6.07 Å². The van der Waals surface area contributed by atoms with Crippen LogP contribution in [0.2, 0.25) is 0 Å². The van der Waals surface area contributed by atoms with E-state index in [-0.39, 0.29) is 17.5 Å². The average Bonchev–Trinajstić information content (AvgIpc) is 2.70. The Bertz CT molecular complexity index is 385. The Hall–Kier alpha value is -0.940. The normalized spacial score (nSPS) is 19.8. The van der Waals surface area contributed by atoms with Crippen LogP contribution in [0, 0.1) is 5.82 Å². The molecule has 5 heteroatoms. The predicted molar refractivity (Wildman–Crippen MR) is 62.8 cm³/mol. The van der Waals surface area contributed by atoms with E-state index in [4.69, 9.17) is 0 Å². The van der Waals surface area contributed by atoms with Crippen molar-refractivity contribution in [1.82, 2.24) is 10.6 Å². The standard InChI is InChI=1S/C11H12BrFN2O/c12-8-2-1-3-9(13)10(8)11(16)15-7-4-5-14-6-7/h1-3,7,14H,4-6H2,(H,15,16)/t7-/m0/s1. The van der Waals surface area contributed by atoms with E-state index in [1.807, 2.05) is 0 Å². The second-order valence-corrected chi connectivity index (χ2v) is 4.61. The number of halogens is 2. The fourth-order valence-corrected chi connectivity index (χ4v) is 2.27. The van der Waals surface area contributed by atoms with Gasteiger partial charge in [0.2, 0.25) is 0 Å². The summed E-state index contributed by atoms with van der Waals surface area (Å²) in [5, 5.41) is 5.94. The van der Waals surface area contributed by atoms with Gasteiger partial charge in [0.05, 0.1) is 5.56 Å². The average molecular weight is 287 g/mol. The van der Waals surface area contributed by atoms with Crippen molar-refractivity contribution >= 4 is 21.8 Å². The number of rotatable bonds is 2. The molecule has 0 radical (unpaired) electrons. The summed E-state index contributed by atoms with van der Waals surface area (Å²) in [7, 11) is 0. The highest BCUT2D eigenvalue weighted by atomic mass is 79.9. The summed E-state index contributed by atoms with van der Waals surface area (Å²) >= 11 is 3.18. The number of benzene rings is 1. The first kappa shape index (κ1) is 11.5. The molecule has 16 heavy (non-hydrogen) atoms. The van der Waals surface area contributed by atoms with E-state index in [0.29, 0.717) is 4.47 Å². The Labute approximate surface area is 102 Å². The van der Waals surface area contributed by atoms with Gasteiger partial charge < -0.3 is 10.6 Å². The van der Waals surface area contributed by atoms with Crippen LogP contribution in [0.3, 0.4) is 0 Å². The van der Waals surface area contributed by atoms with Crippen LogP contribution in [0.25, 0.3) is 0 Å². The Morgan fingerprint density at radius 3 is 3.00 bits per heavy atom. The molecule has 1 atom stereocenters. The molecule has 2 rings (SSSR count). The van der Waals surface area contributed by atoms with Gasteiger partial charge in [0.15, 0.2) is 0 Å². The predicted octanol–water partition coefficient (Wildman–Crippen LogP) is 1.68. The van der Waals surface area contributed by atoms with Crippen LogP contribution in [-0.2, 0) is 0 Å². The minimum absolute atomic E-state index is 0.0781. The summed E-state index contributed by atoms with van der Waals surface area (Å²) in [6, 6.07) is 4.60. The van der Waals surface area contributed by atoms with Gasteiger partial charge in [-0.05, 0) is 41.0 Å². The minimum atomic E-state index is -0.502. The molecule has 1 saturated heterocycles. The molecule has 1 aliphatic rings. The summed E-state index contributed by atoms with van der Waals surface area (Å²) in [6.45, 7) is 1.64. The van der Waals surface area contributed by atoms with Gasteiger partial charge in [-0.3, -0.25) is 4.79 Å². The van der Waals surface area contributed by atoms with Crippen molar-refractivity contribution in [2.75, 3.05) is 13.1 Å². The zero-order valence-corrected chi connectivity index (χ0v) is 10.2. The number of carbonyl (C=O) groups is 1. The molecule has 1 heterocycles. The molecule has 1 aliphatic heterocycles. The van der Waals surface area contributed by atoms with Crippen molar-refractivity contribution in [3.63, 3.8) is 0 Å². The number of hydrogen-bond donors (Lipinski definition) is 2. The molecule has 0 saturated carbocycles. The lowest BCUT2D eigenvalue weighted by molar-refractivity contribution is 0.0935. The summed E-state index contributed by atoms with van der Waals surface area (Å²) in [6.07, 6.45) is 0.887. The first-order valence-electron chi connectivity index (χ1n) is 5.14. The van der Waals surface area contributed by atoms with E-state index < -0.39 is 5.82 Å². The number of amides is 1. The maximum Gasteiger partial charge on any atom is 0.255 e. The second-order valence-electron chi connectivity index (χ2n) is 3.76. The molecular formula is C11H12BrFN2O. The smallest absolute Gasteiger partial charge is 0.255 e. The van der Waals surface area contributed by atoms with E-state index in [2.05, 4.69) is 26.6 Å². The fourth-order valence-electron chi connectivity index (χ4n) is 1.75. The first-order valence-corrected chi connectivity index (χ1v) is 5.93. The minimum Gasteiger partial charge on any atom is -0.348 e. The highest BCUT2D eigenvalue weighted by Gasteiger charge is 2.21. The highest BCUT2D eigenvalue weighted by molar-refractivity contribution is 9.10. The summed E-state index contributed by atoms with van der Waals surface area (Å²) in [5.41, 5.74) is 0.0781. The third kappa shape index (κ3) is 2.41. The van der Waals surface area contributed by atoms with Crippen LogP contribution in [-0.4, -0.2) is 25.0 Å². The highest BCUT2D eigenvalue weighted by Crippen LogP contribution is 2.19. The van der Waals surface area contributed by atoms with Crippen LogP contribution in [0.5, 0.6) is 0 Å². The first-order chi connectivity index (χ1) is 7.68. The van der Waals surface area contributed by atoms with Gasteiger partial charge in [-0.25, -0.2) is 4.39 Å². The third-order valence-electron chi connectivity index (χ3n) is 2.59. The molecule has 1 aromatic rings. The molecule has 0 spiro atoms. The van der Waals surface area contributed by atoms with Crippen LogP contribution in [0.15, 0.2) is 22.7 Å². The lowest BCUT2D eigenvalue weighted by Crippen LogP contribution is -2.36. The lowest BCUT2D eigenvalue weighted by atomic mass is 10.1. The topological polar surface area (TPSA) is 41.1 Å². The van der Waals surface area contributed by atoms with E-state index in [9.17, 15) is 9.18 Å². The Morgan fingerprint density at radius 2 is 2.38 bits per heavy atom. The van der Waals surface area contributed by atoms with Gasteiger partial charge in [0.25, 0.3) is 5.91 Å². The van der Waals surface area contributed by atoms with Gasteiger partial charge in [-0.2, -0.15) is 0 Å². The molecule has 0 aromatic heterocycles. The fraction of sp³-hybridized carbons (Fsp3) is 0.364. The summed E-state index contributed by atoms with van der Waals surface area (Å²) < 4.78 is 14.0. The van der Waals surface area contributed by atoms with Crippen molar-refractivity contribution in [2.24, 2.45) is 0 Å². The van der Waals surface area contributed by atoms with Crippen molar-refractivity contribution in [1.29, 1.82) is 0 Å². The molecule has 0 unspecified atom stereocenters. The van der Waals surface area contributed by atoms with Gasteiger partial charge in [0.1, 0.15) is 5.82 Å². The number of hydrogen-bond acceptors (Lipinski definition) is 2. The van der Waals surface area contributed by atoms with Gasteiger partial charge in [0, 0.05) is 17.1 Å². The Kier molecular flexibility index (Phi) is 3.56. The maximum atomic E-state index is 13.5. The molecule has 3 nitrogen and oxygen atoms in total. The molecule has 1 amide bonds. The number of carbonyl (C=O) groups excluding carboxylic acids is 1. The molecule has 0 aliphatic carbocycles. The van der Waals surface area contributed by atoms with E-state index in [0.717, 1.165) is 19.5 Å². The van der Waals surface area contributed by atoms with Crippen molar-refractivity contribution < 1.29 is 9.18 Å². The molecule has 2 N–H and O–H groups in total. The zero-order chi connectivity index (χ0) is 11.5. The Balaban J connectivity index is 2.13. The Morgan fingerprint density at radius 1 is 1.56 bits per heavy atom. The van der Waals surface area contributed by atoms with Crippen molar-refractivity contribution in [3.05, 3.63) is 34.1 Å². The molecule has 86 valence electrons. The van der Waals surface area contributed by atoms with Gasteiger partial charge >= 0.3 is 0 Å². The van der Waals surface area contributed by atoms with Crippen LogP contribution < -0.4 is 10.6 Å². The maximum absolute atomic E-state index is 13.5. The van der Waals surface area contributed by atoms with Crippen LogP contribution in [0.1, 0.15) is 16.8 Å². The molecular weight excluding hydrogens is 275 g/mol. The monoisotopic (exact) mass is 286 g/mol. The summed E-state index contributed by atoms with van der Waals surface area (Å²) in [4.78, 5) is 11.8. The summed E-state index contributed by atoms with van der Waals surface area (Å²) in [5.74, 6) is -0.864. The zero-order valence-electron chi connectivity index (χ0n) is 8.59. The second kappa shape index (κ2) is 4.93. The van der Waals surface area contributed by atoms with Crippen molar-refractivity contribution in [2.45, 2.75) is 12.5 Å². The SMILES string of the molecule is O=C(N[C@H]1CCNC1)c1c(F)cccc1Br. The third-order valence-corrected chi connectivity index (χ3v) is 3.25. The van der Waals surface area contributed by atoms with E-state index >= 15 is 0 Å². The number of nitrogens with one attached hydrogen (secondary N) is 2. The quantitative estimate of drug-likeness (QED) is 0.869. The molecule has 0 bridgehead atoms. The van der Waals surface area contributed by atoms with Gasteiger partial charge in [-0.1, -0.05) is 6.07 Å². The van der Waals surface area contributed by atoms with Gasteiger partial charge in [-0.15, -0.1) is 0 Å². The van der Waals surface area contributed by atoms with E-state index in [1.54, 1.807) is 12.1 Å². The lowest BCUT2D eigenvalue weighted by Gasteiger charge is -2.12. The largest absolute Gasteiger partial charge is 0.348 e.